The minimum Gasteiger partial charge on any atom is -0.405 e. The molecule has 0 fully saturated rings. The van der Waals surface area contributed by atoms with Crippen molar-refractivity contribution in [3.63, 3.8) is 0 Å². The number of hydrogen-bond donors (Lipinski definition) is 1. The minimum atomic E-state index is -4.85. The zero-order valence-corrected chi connectivity index (χ0v) is 11.1. The Labute approximate surface area is 114 Å². The van der Waals surface area contributed by atoms with Gasteiger partial charge in [0.15, 0.2) is 0 Å². The average Bonchev–Trinajstić information content (AvgIpc) is 2.33. The number of aliphatic hydroxyl groups is 1. The summed E-state index contributed by atoms with van der Waals surface area (Å²) in [5.41, 5.74) is -0.169. The summed E-state index contributed by atoms with van der Waals surface area (Å²) in [6.45, 7) is 1.80. The number of carbonyl (C=O) groups is 1. The van der Waals surface area contributed by atoms with Crippen LogP contribution in [-0.4, -0.2) is 42.0 Å². The highest BCUT2D eigenvalue weighted by atomic mass is 19.4. The van der Waals surface area contributed by atoms with Crippen LogP contribution in [0, 0.1) is 0 Å². The molecule has 1 amide bonds. The van der Waals surface area contributed by atoms with Crippen LogP contribution in [0.15, 0.2) is 24.3 Å². The van der Waals surface area contributed by atoms with Crippen molar-refractivity contribution in [2.75, 3.05) is 13.6 Å². The molecule has 0 heterocycles. The van der Waals surface area contributed by atoms with Gasteiger partial charge >= 0.3 is 6.36 Å². The van der Waals surface area contributed by atoms with E-state index in [2.05, 4.69) is 4.74 Å². The Balaban J connectivity index is 2.87. The summed E-state index contributed by atoms with van der Waals surface area (Å²) in [4.78, 5) is 13.3. The van der Waals surface area contributed by atoms with Crippen molar-refractivity contribution in [2.45, 2.75) is 25.8 Å². The lowest BCUT2D eigenvalue weighted by molar-refractivity contribution is -0.274. The smallest absolute Gasteiger partial charge is 0.405 e. The number of amides is 1. The maximum absolute atomic E-state index is 12.3. The standard InChI is InChI=1S/C13H16F3NO3/c1-9(18)7-8-17(2)12(19)10-5-3-4-6-11(10)20-13(14,15)16/h3-6,9,18H,7-8H2,1-2H3. The first kappa shape index (κ1) is 16.3. The molecular weight excluding hydrogens is 275 g/mol. The number of alkyl halides is 3. The Morgan fingerprint density at radius 2 is 2.00 bits per heavy atom. The third-order valence-corrected chi connectivity index (χ3v) is 2.57. The highest BCUT2D eigenvalue weighted by molar-refractivity contribution is 5.96. The first-order valence-electron chi connectivity index (χ1n) is 5.99. The van der Waals surface area contributed by atoms with E-state index < -0.39 is 24.1 Å². The van der Waals surface area contributed by atoms with Gasteiger partial charge in [-0.1, -0.05) is 12.1 Å². The van der Waals surface area contributed by atoms with E-state index in [0.29, 0.717) is 6.42 Å². The predicted molar refractivity (Wildman–Crippen MR) is 66.4 cm³/mol. The first-order valence-corrected chi connectivity index (χ1v) is 5.99. The van der Waals surface area contributed by atoms with E-state index in [0.717, 1.165) is 6.07 Å². The molecule has 7 heteroatoms. The maximum atomic E-state index is 12.3. The van der Waals surface area contributed by atoms with Gasteiger partial charge in [-0.25, -0.2) is 0 Å². The number of hydrogen-bond acceptors (Lipinski definition) is 3. The van der Waals surface area contributed by atoms with Crippen molar-refractivity contribution < 1.29 is 27.8 Å². The summed E-state index contributed by atoms with van der Waals surface area (Å²) in [6, 6.07) is 5.16. The van der Waals surface area contributed by atoms with Gasteiger partial charge in [0.05, 0.1) is 11.7 Å². The molecule has 0 spiro atoms. The number of ether oxygens (including phenoxy) is 1. The van der Waals surface area contributed by atoms with Gasteiger partial charge in [-0.05, 0) is 25.5 Å². The van der Waals surface area contributed by atoms with E-state index in [4.69, 9.17) is 5.11 Å². The molecular formula is C13H16F3NO3. The van der Waals surface area contributed by atoms with Gasteiger partial charge in [-0.3, -0.25) is 4.79 Å². The second-order valence-corrected chi connectivity index (χ2v) is 4.41. The van der Waals surface area contributed by atoms with Crippen LogP contribution < -0.4 is 4.74 Å². The number of aliphatic hydroxyl groups excluding tert-OH is 1. The van der Waals surface area contributed by atoms with E-state index in [1.165, 1.54) is 30.1 Å². The van der Waals surface area contributed by atoms with Crippen molar-refractivity contribution in [1.29, 1.82) is 0 Å². The predicted octanol–water partition coefficient (Wildman–Crippen LogP) is 2.43. The Bertz CT molecular complexity index is 460. The van der Waals surface area contributed by atoms with Gasteiger partial charge in [-0.2, -0.15) is 0 Å². The van der Waals surface area contributed by atoms with E-state index in [1.807, 2.05) is 0 Å². The Hall–Kier alpha value is -1.76. The monoisotopic (exact) mass is 291 g/mol. The van der Waals surface area contributed by atoms with Crippen LogP contribution in [0.25, 0.3) is 0 Å². The highest BCUT2D eigenvalue weighted by Gasteiger charge is 2.33. The topological polar surface area (TPSA) is 49.8 Å². The number of para-hydroxylation sites is 1. The summed E-state index contributed by atoms with van der Waals surface area (Å²) in [6.07, 6.45) is -5.11. The van der Waals surface area contributed by atoms with Gasteiger partial charge in [0.1, 0.15) is 5.75 Å². The average molecular weight is 291 g/mol. The second-order valence-electron chi connectivity index (χ2n) is 4.41. The molecule has 1 aromatic rings. The van der Waals surface area contributed by atoms with E-state index in [1.54, 1.807) is 6.92 Å². The van der Waals surface area contributed by atoms with Crippen LogP contribution >= 0.6 is 0 Å². The zero-order chi connectivity index (χ0) is 15.3. The molecule has 1 unspecified atom stereocenters. The van der Waals surface area contributed by atoms with Gasteiger partial charge in [0.25, 0.3) is 5.91 Å². The summed E-state index contributed by atoms with van der Waals surface area (Å²) in [5, 5.41) is 9.15. The third-order valence-electron chi connectivity index (χ3n) is 2.57. The number of carbonyl (C=O) groups excluding carboxylic acids is 1. The number of rotatable bonds is 5. The molecule has 0 aliphatic rings. The molecule has 1 atom stereocenters. The second kappa shape index (κ2) is 6.60. The fraction of sp³-hybridized carbons (Fsp3) is 0.462. The summed E-state index contributed by atoms with van der Waals surface area (Å²) < 4.78 is 40.6. The summed E-state index contributed by atoms with van der Waals surface area (Å²) in [7, 11) is 1.45. The molecule has 112 valence electrons. The molecule has 0 aliphatic heterocycles. The Morgan fingerprint density at radius 1 is 1.40 bits per heavy atom. The molecule has 0 bridgehead atoms. The van der Waals surface area contributed by atoms with Gasteiger partial charge in [0, 0.05) is 13.6 Å². The lowest BCUT2D eigenvalue weighted by atomic mass is 10.1. The van der Waals surface area contributed by atoms with E-state index >= 15 is 0 Å². The largest absolute Gasteiger partial charge is 0.573 e. The van der Waals surface area contributed by atoms with Crippen LogP contribution in [0.4, 0.5) is 13.2 Å². The summed E-state index contributed by atoms with van der Waals surface area (Å²) >= 11 is 0. The van der Waals surface area contributed by atoms with Crippen LogP contribution in [0.1, 0.15) is 23.7 Å². The van der Waals surface area contributed by atoms with Gasteiger partial charge < -0.3 is 14.7 Å². The van der Waals surface area contributed by atoms with Crippen molar-refractivity contribution in [3.8, 4) is 5.75 Å². The van der Waals surface area contributed by atoms with Crippen molar-refractivity contribution in [2.24, 2.45) is 0 Å². The maximum Gasteiger partial charge on any atom is 0.573 e. The molecule has 20 heavy (non-hydrogen) atoms. The van der Waals surface area contributed by atoms with Gasteiger partial charge in [-0.15, -0.1) is 13.2 Å². The molecule has 1 N–H and O–H groups in total. The molecule has 0 radical (unpaired) electrons. The van der Waals surface area contributed by atoms with Crippen molar-refractivity contribution in [1.82, 2.24) is 4.90 Å². The summed E-state index contributed by atoms with van der Waals surface area (Å²) in [5.74, 6) is -1.13. The molecule has 1 rings (SSSR count). The minimum absolute atomic E-state index is 0.169. The molecule has 0 aliphatic carbocycles. The quantitative estimate of drug-likeness (QED) is 0.906. The molecule has 0 aromatic heterocycles. The van der Waals surface area contributed by atoms with Crippen LogP contribution in [0.2, 0.25) is 0 Å². The van der Waals surface area contributed by atoms with Gasteiger partial charge in [0.2, 0.25) is 0 Å². The number of halogens is 3. The normalized spacial score (nSPS) is 12.9. The lowest BCUT2D eigenvalue weighted by Gasteiger charge is -2.20. The molecule has 0 saturated carbocycles. The molecule has 1 aromatic carbocycles. The van der Waals surface area contributed by atoms with Crippen LogP contribution in [0.3, 0.4) is 0 Å². The third kappa shape index (κ3) is 5.08. The Morgan fingerprint density at radius 3 is 2.55 bits per heavy atom. The molecule has 4 nitrogen and oxygen atoms in total. The Kier molecular flexibility index (Phi) is 5.38. The highest BCUT2D eigenvalue weighted by Crippen LogP contribution is 2.26. The zero-order valence-electron chi connectivity index (χ0n) is 11.1. The fourth-order valence-electron chi connectivity index (χ4n) is 1.54. The number of benzene rings is 1. The SMILES string of the molecule is CC(O)CCN(C)C(=O)c1ccccc1OC(F)(F)F. The molecule has 0 saturated heterocycles. The van der Waals surface area contributed by atoms with Crippen LogP contribution in [-0.2, 0) is 0 Å². The lowest BCUT2D eigenvalue weighted by Crippen LogP contribution is -2.30. The van der Waals surface area contributed by atoms with E-state index in [-0.39, 0.29) is 12.1 Å². The number of nitrogens with zero attached hydrogens (tertiary/aromatic N) is 1. The fourth-order valence-corrected chi connectivity index (χ4v) is 1.54. The first-order chi connectivity index (χ1) is 9.20. The van der Waals surface area contributed by atoms with Crippen molar-refractivity contribution >= 4 is 5.91 Å². The van der Waals surface area contributed by atoms with Crippen LogP contribution in [0.5, 0.6) is 5.75 Å². The van der Waals surface area contributed by atoms with E-state index in [9.17, 15) is 18.0 Å². The van der Waals surface area contributed by atoms with Crippen molar-refractivity contribution in [3.05, 3.63) is 29.8 Å².